The molecule has 69 valence electrons. The van der Waals surface area contributed by atoms with Gasteiger partial charge in [0, 0.05) is 28.5 Å². The Kier molecular flexibility index (Phi) is 2.51. The molecule has 0 saturated carbocycles. The Morgan fingerprint density at radius 1 is 1.14 bits per heavy atom. The number of hydrogen-bond donors (Lipinski definition) is 0. The molecule has 1 radical (unpaired) electrons. The van der Waals surface area contributed by atoms with E-state index in [1.165, 1.54) is 0 Å². The van der Waals surface area contributed by atoms with E-state index in [-0.39, 0.29) is 0 Å². The summed E-state index contributed by atoms with van der Waals surface area (Å²) in [6.07, 6.45) is 1.84. The average molecular weight is 203 g/mol. The van der Waals surface area contributed by atoms with E-state index in [4.69, 9.17) is 11.6 Å². The van der Waals surface area contributed by atoms with Gasteiger partial charge in [-0.05, 0) is 30.7 Å². The van der Waals surface area contributed by atoms with Crippen molar-refractivity contribution >= 4 is 11.6 Å². The summed E-state index contributed by atoms with van der Waals surface area (Å²) in [7, 11) is 0. The summed E-state index contributed by atoms with van der Waals surface area (Å²) >= 11 is 5.80. The number of hydrogen-bond acceptors (Lipinski definition) is 1. The van der Waals surface area contributed by atoms with Gasteiger partial charge < -0.3 is 0 Å². The largest absolute Gasteiger partial charge is 0.260 e. The molecule has 0 amide bonds. The molecule has 0 N–H and O–H groups in total. The summed E-state index contributed by atoms with van der Waals surface area (Å²) < 4.78 is 0. The van der Waals surface area contributed by atoms with Gasteiger partial charge in [-0.2, -0.15) is 0 Å². The normalized spacial score (nSPS) is 10.1. The molecule has 2 heteroatoms. The molecule has 0 saturated heterocycles. The number of pyridine rings is 1. The molecule has 1 aromatic heterocycles. The van der Waals surface area contributed by atoms with Crippen LogP contribution in [0.2, 0.25) is 5.02 Å². The first kappa shape index (κ1) is 9.22. The van der Waals surface area contributed by atoms with E-state index in [1.807, 2.05) is 43.5 Å². The van der Waals surface area contributed by atoms with Crippen molar-refractivity contribution in [1.29, 1.82) is 0 Å². The molecule has 2 rings (SSSR count). The third-order valence-corrected chi connectivity index (χ3v) is 2.26. The first-order valence-electron chi connectivity index (χ1n) is 4.36. The lowest BCUT2D eigenvalue weighted by molar-refractivity contribution is 1.20. The van der Waals surface area contributed by atoms with Gasteiger partial charge in [0.2, 0.25) is 0 Å². The number of rotatable bonds is 1. The van der Waals surface area contributed by atoms with Crippen LogP contribution in [0.4, 0.5) is 0 Å². The number of aryl methyl sites for hydroxylation is 1. The maximum absolute atomic E-state index is 5.80. The van der Waals surface area contributed by atoms with Gasteiger partial charge in [-0.25, -0.2) is 0 Å². The van der Waals surface area contributed by atoms with Crippen LogP contribution in [0, 0.1) is 13.0 Å². The van der Waals surface area contributed by atoms with Crippen molar-refractivity contribution in [1.82, 2.24) is 4.98 Å². The molecule has 0 atom stereocenters. The van der Waals surface area contributed by atoms with Gasteiger partial charge in [0.1, 0.15) is 0 Å². The second-order valence-corrected chi connectivity index (χ2v) is 3.53. The van der Waals surface area contributed by atoms with Gasteiger partial charge >= 0.3 is 0 Å². The van der Waals surface area contributed by atoms with Gasteiger partial charge in [0.15, 0.2) is 0 Å². The first-order chi connectivity index (χ1) is 6.75. The number of halogens is 1. The summed E-state index contributed by atoms with van der Waals surface area (Å²) in [6, 6.07) is 12.7. The van der Waals surface area contributed by atoms with Crippen molar-refractivity contribution in [3.05, 3.63) is 53.3 Å². The van der Waals surface area contributed by atoms with E-state index in [2.05, 4.69) is 11.1 Å². The van der Waals surface area contributed by atoms with Crippen LogP contribution in [0.3, 0.4) is 0 Å². The van der Waals surface area contributed by atoms with Crippen LogP contribution in [-0.4, -0.2) is 4.98 Å². The molecule has 0 spiro atoms. The lowest BCUT2D eigenvalue weighted by Gasteiger charge is -2.00. The highest BCUT2D eigenvalue weighted by atomic mass is 35.5. The molecule has 1 aromatic carbocycles. The van der Waals surface area contributed by atoms with Crippen molar-refractivity contribution in [3.8, 4) is 11.1 Å². The molecule has 0 aliphatic carbocycles. The van der Waals surface area contributed by atoms with Crippen molar-refractivity contribution in [2.24, 2.45) is 0 Å². The molecule has 1 nitrogen and oxygen atoms in total. The van der Waals surface area contributed by atoms with Crippen LogP contribution in [0.25, 0.3) is 11.1 Å². The van der Waals surface area contributed by atoms with E-state index in [9.17, 15) is 0 Å². The molecule has 2 aromatic rings. The number of benzene rings is 1. The predicted molar refractivity (Wildman–Crippen MR) is 58.3 cm³/mol. The Morgan fingerprint density at radius 2 is 1.86 bits per heavy atom. The summed E-state index contributed by atoms with van der Waals surface area (Å²) in [5.41, 5.74) is 3.08. The van der Waals surface area contributed by atoms with Crippen LogP contribution in [0.5, 0.6) is 0 Å². The second-order valence-electron chi connectivity index (χ2n) is 3.09. The Bertz CT molecular complexity index is 374. The molecule has 0 aliphatic heterocycles. The van der Waals surface area contributed by atoms with E-state index in [0.717, 1.165) is 21.8 Å². The van der Waals surface area contributed by atoms with Crippen molar-refractivity contribution in [3.63, 3.8) is 0 Å². The summed E-state index contributed by atoms with van der Waals surface area (Å²) in [4.78, 5) is 4.19. The standard InChI is InChI=1S/C12H9ClN/c1-9-2-3-11(8-14-9)10-4-6-12(13)7-5-10/h3-8H,1H3. The smallest absolute Gasteiger partial charge is 0.0452 e. The summed E-state index contributed by atoms with van der Waals surface area (Å²) in [6.45, 7) is 1.92. The van der Waals surface area contributed by atoms with Crippen LogP contribution in [0.15, 0.2) is 36.5 Å². The molecule has 0 bridgehead atoms. The lowest BCUT2D eigenvalue weighted by Crippen LogP contribution is -1.82. The fourth-order valence-electron chi connectivity index (χ4n) is 1.22. The van der Waals surface area contributed by atoms with Crippen molar-refractivity contribution < 1.29 is 0 Å². The minimum atomic E-state index is 0.748. The highest BCUT2D eigenvalue weighted by Crippen LogP contribution is 2.20. The SMILES string of the molecule is Cc1[c]cc(-c2ccc(Cl)cc2)cn1. The highest BCUT2D eigenvalue weighted by molar-refractivity contribution is 6.30. The molecule has 0 unspecified atom stereocenters. The van der Waals surface area contributed by atoms with Crippen LogP contribution >= 0.6 is 11.6 Å². The molecular weight excluding hydrogens is 194 g/mol. The highest BCUT2D eigenvalue weighted by Gasteiger charge is 1.97. The fraction of sp³-hybridized carbons (Fsp3) is 0.0833. The topological polar surface area (TPSA) is 12.9 Å². The van der Waals surface area contributed by atoms with Crippen molar-refractivity contribution in [2.45, 2.75) is 6.92 Å². The first-order valence-corrected chi connectivity index (χ1v) is 4.74. The van der Waals surface area contributed by atoms with Crippen LogP contribution in [-0.2, 0) is 0 Å². The maximum Gasteiger partial charge on any atom is 0.0452 e. The number of nitrogens with zero attached hydrogens (tertiary/aromatic N) is 1. The summed E-state index contributed by atoms with van der Waals surface area (Å²) in [5.74, 6) is 0. The summed E-state index contributed by atoms with van der Waals surface area (Å²) in [5, 5.41) is 0.748. The van der Waals surface area contributed by atoms with Crippen LogP contribution in [0.1, 0.15) is 5.69 Å². The zero-order valence-electron chi connectivity index (χ0n) is 7.79. The second kappa shape index (κ2) is 3.81. The van der Waals surface area contributed by atoms with Crippen molar-refractivity contribution in [2.75, 3.05) is 0 Å². The van der Waals surface area contributed by atoms with E-state index in [1.54, 1.807) is 0 Å². The van der Waals surface area contributed by atoms with E-state index < -0.39 is 0 Å². The van der Waals surface area contributed by atoms with Gasteiger partial charge in [-0.1, -0.05) is 23.7 Å². The van der Waals surface area contributed by atoms with Gasteiger partial charge in [0.05, 0.1) is 0 Å². The molecule has 0 fully saturated rings. The third-order valence-electron chi connectivity index (χ3n) is 2.01. The molecule has 14 heavy (non-hydrogen) atoms. The Balaban J connectivity index is 2.40. The Morgan fingerprint density at radius 3 is 2.43 bits per heavy atom. The molecule has 0 aliphatic rings. The van der Waals surface area contributed by atoms with Crippen LogP contribution < -0.4 is 0 Å². The van der Waals surface area contributed by atoms with E-state index >= 15 is 0 Å². The van der Waals surface area contributed by atoms with E-state index in [0.29, 0.717) is 0 Å². The zero-order chi connectivity index (χ0) is 9.97. The monoisotopic (exact) mass is 202 g/mol. The molecular formula is C12H9ClN. The zero-order valence-corrected chi connectivity index (χ0v) is 8.55. The quantitative estimate of drug-likeness (QED) is 0.690. The maximum atomic E-state index is 5.80. The lowest BCUT2D eigenvalue weighted by atomic mass is 10.1. The third kappa shape index (κ3) is 1.94. The Labute approximate surface area is 88.4 Å². The predicted octanol–water partition coefficient (Wildman–Crippen LogP) is 3.51. The van der Waals surface area contributed by atoms with Gasteiger partial charge in [0.25, 0.3) is 0 Å². The number of aromatic nitrogens is 1. The Hall–Kier alpha value is -1.34. The molecule has 1 heterocycles. The van der Waals surface area contributed by atoms with Gasteiger partial charge in [-0.15, -0.1) is 0 Å². The van der Waals surface area contributed by atoms with Gasteiger partial charge in [-0.3, -0.25) is 4.98 Å². The minimum Gasteiger partial charge on any atom is -0.260 e. The fourth-order valence-corrected chi connectivity index (χ4v) is 1.35. The average Bonchev–Trinajstić information content (AvgIpc) is 2.21. The minimum absolute atomic E-state index is 0.748.